The molecule has 0 fully saturated rings. The summed E-state index contributed by atoms with van der Waals surface area (Å²) in [6, 6.07) is 21.6. The van der Waals surface area contributed by atoms with Crippen LogP contribution in [0.1, 0.15) is 27.0 Å². The molecular weight excluding hydrogens is 378 g/mol. The largest absolute Gasteiger partial charge is 0.488 e. The summed E-state index contributed by atoms with van der Waals surface area (Å²) in [5.41, 5.74) is 3.94. The molecule has 4 rings (SSSR count). The van der Waals surface area contributed by atoms with Crippen molar-refractivity contribution in [3.05, 3.63) is 105 Å². The summed E-state index contributed by atoms with van der Waals surface area (Å²) >= 11 is 0. The fourth-order valence-corrected chi connectivity index (χ4v) is 3.30. The molecule has 1 heterocycles. The van der Waals surface area contributed by atoms with Gasteiger partial charge in [-0.1, -0.05) is 42.5 Å². The van der Waals surface area contributed by atoms with Gasteiger partial charge in [-0.15, -0.1) is 0 Å². The Morgan fingerprint density at radius 1 is 0.967 bits per heavy atom. The second-order valence-corrected chi connectivity index (χ2v) is 7.08. The predicted molar refractivity (Wildman–Crippen MR) is 117 cm³/mol. The number of aryl methyl sites for hydroxylation is 2. The average Bonchev–Trinajstić information content (AvgIpc) is 2.76. The van der Waals surface area contributed by atoms with E-state index in [2.05, 4.69) is 5.32 Å². The van der Waals surface area contributed by atoms with Crippen LogP contribution in [0.15, 0.2) is 82.0 Å². The van der Waals surface area contributed by atoms with Gasteiger partial charge in [0.2, 0.25) is 0 Å². The van der Waals surface area contributed by atoms with Crippen molar-refractivity contribution in [1.29, 1.82) is 0 Å². The molecule has 0 saturated carbocycles. The van der Waals surface area contributed by atoms with E-state index >= 15 is 0 Å². The number of nitrogens with one attached hydrogen (secondary N) is 1. The number of anilines is 1. The van der Waals surface area contributed by atoms with Crippen molar-refractivity contribution < 1.29 is 13.9 Å². The molecule has 5 nitrogen and oxygen atoms in total. The molecule has 30 heavy (non-hydrogen) atoms. The van der Waals surface area contributed by atoms with Gasteiger partial charge in [0.25, 0.3) is 5.91 Å². The summed E-state index contributed by atoms with van der Waals surface area (Å²) < 4.78 is 11.4. The third-order valence-electron chi connectivity index (χ3n) is 5.06. The minimum atomic E-state index is -0.426. The Morgan fingerprint density at radius 3 is 2.50 bits per heavy atom. The maximum Gasteiger partial charge on any atom is 0.336 e. The van der Waals surface area contributed by atoms with Gasteiger partial charge < -0.3 is 14.5 Å². The first kappa shape index (κ1) is 19.5. The second-order valence-electron chi connectivity index (χ2n) is 7.08. The van der Waals surface area contributed by atoms with Crippen LogP contribution in [-0.2, 0) is 6.61 Å². The lowest BCUT2D eigenvalue weighted by Crippen LogP contribution is -2.14. The Kier molecular flexibility index (Phi) is 5.35. The molecule has 0 unspecified atom stereocenters. The molecule has 1 amide bonds. The molecule has 1 aromatic heterocycles. The highest BCUT2D eigenvalue weighted by atomic mass is 16.5. The van der Waals surface area contributed by atoms with Crippen molar-refractivity contribution in [3.8, 4) is 5.75 Å². The Balaban J connectivity index is 1.62. The average molecular weight is 399 g/mol. The van der Waals surface area contributed by atoms with Gasteiger partial charge in [-0.2, -0.15) is 0 Å². The van der Waals surface area contributed by atoms with E-state index < -0.39 is 5.63 Å². The standard InChI is InChI=1S/C25H21NO4/c1-16-12-13-20-18(14-23(27)30-24(20)17(16)2)15-29-22-11-7-6-10-21(22)25(28)26-19-8-4-3-5-9-19/h3-14H,15H2,1-2H3,(H,26,28). The van der Waals surface area contributed by atoms with Gasteiger partial charge in [-0.05, 0) is 49.2 Å². The fourth-order valence-electron chi connectivity index (χ4n) is 3.30. The minimum absolute atomic E-state index is 0.139. The van der Waals surface area contributed by atoms with E-state index in [0.717, 1.165) is 16.5 Å². The normalized spacial score (nSPS) is 10.7. The van der Waals surface area contributed by atoms with E-state index in [1.807, 2.05) is 56.3 Å². The van der Waals surface area contributed by atoms with Crippen LogP contribution >= 0.6 is 0 Å². The lowest BCUT2D eigenvalue weighted by Gasteiger charge is -2.13. The zero-order valence-electron chi connectivity index (χ0n) is 16.8. The number of hydrogen-bond donors (Lipinski definition) is 1. The van der Waals surface area contributed by atoms with Gasteiger partial charge in [0.15, 0.2) is 0 Å². The van der Waals surface area contributed by atoms with E-state index in [0.29, 0.717) is 28.1 Å². The summed E-state index contributed by atoms with van der Waals surface area (Å²) in [5.74, 6) is 0.178. The SMILES string of the molecule is Cc1ccc2c(COc3ccccc3C(=O)Nc3ccccc3)cc(=O)oc2c1C. The zero-order valence-corrected chi connectivity index (χ0v) is 16.8. The van der Waals surface area contributed by atoms with Crippen LogP contribution in [0, 0.1) is 13.8 Å². The van der Waals surface area contributed by atoms with Gasteiger partial charge in [0, 0.05) is 22.7 Å². The Hall–Kier alpha value is -3.86. The highest BCUT2D eigenvalue weighted by Gasteiger charge is 2.14. The Bertz CT molecular complexity index is 1280. The molecule has 0 saturated heterocycles. The molecular formula is C25H21NO4. The topological polar surface area (TPSA) is 68.5 Å². The van der Waals surface area contributed by atoms with Crippen molar-refractivity contribution in [1.82, 2.24) is 0 Å². The molecule has 5 heteroatoms. The van der Waals surface area contributed by atoms with Crippen molar-refractivity contribution in [2.45, 2.75) is 20.5 Å². The van der Waals surface area contributed by atoms with Crippen molar-refractivity contribution in [2.24, 2.45) is 0 Å². The molecule has 3 aromatic carbocycles. The smallest absolute Gasteiger partial charge is 0.336 e. The van der Waals surface area contributed by atoms with Crippen molar-refractivity contribution in [3.63, 3.8) is 0 Å². The van der Waals surface area contributed by atoms with Gasteiger partial charge in [-0.3, -0.25) is 4.79 Å². The van der Waals surface area contributed by atoms with E-state index in [-0.39, 0.29) is 12.5 Å². The van der Waals surface area contributed by atoms with Crippen LogP contribution < -0.4 is 15.7 Å². The van der Waals surface area contributed by atoms with E-state index in [1.54, 1.807) is 24.3 Å². The molecule has 0 atom stereocenters. The van der Waals surface area contributed by atoms with Crippen molar-refractivity contribution >= 4 is 22.6 Å². The van der Waals surface area contributed by atoms with Crippen LogP contribution in [0.2, 0.25) is 0 Å². The number of ether oxygens (including phenoxy) is 1. The number of benzene rings is 3. The number of carbonyl (C=O) groups is 1. The number of carbonyl (C=O) groups excluding carboxylic acids is 1. The molecule has 1 N–H and O–H groups in total. The van der Waals surface area contributed by atoms with E-state index in [1.165, 1.54) is 6.07 Å². The molecule has 0 aliphatic carbocycles. The van der Waals surface area contributed by atoms with E-state index in [9.17, 15) is 9.59 Å². The van der Waals surface area contributed by atoms with Crippen molar-refractivity contribution in [2.75, 3.05) is 5.32 Å². The third-order valence-corrected chi connectivity index (χ3v) is 5.06. The third kappa shape index (κ3) is 3.96. The maximum absolute atomic E-state index is 12.7. The van der Waals surface area contributed by atoms with Gasteiger partial charge in [0.05, 0.1) is 5.56 Å². The summed E-state index contributed by atoms with van der Waals surface area (Å²) in [6.45, 7) is 4.04. The Morgan fingerprint density at radius 2 is 1.70 bits per heavy atom. The van der Waals surface area contributed by atoms with Crippen LogP contribution in [0.4, 0.5) is 5.69 Å². The lowest BCUT2D eigenvalue weighted by atomic mass is 10.0. The molecule has 0 aliphatic heterocycles. The van der Waals surface area contributed by atoms with Gasteiger partial charge in [0.1, 0.15) is 17.9 Å². The van der Waals surface area contributed by atoms with Gasteiger partial charge >= 0.3 is 5.63 Å². The quantitative estimate of drug-likeness (QED) is 0.466. The highest BCUT2D eigenvalue weighted by Crippen LogP contribution is 2.26. The summed E-state index contributed by atoms with van der Waals surface area (Å²) in [6.07, 6.45) is 0. The summed E-state index contributed by atoms with van der Waals surface area (Å²) in [5, 5.41) is 3.69. The lowest BCUT2D eigenvalue weighted by molar-refractivity contribution is 0.102. The molecule has 4 aromatic rings. The number of amides is 1. The number of para-hydroxylation sites is 2. The summed E-state index contributed by atoms with van der Waals surface area (Å²) in [7, 11) is 0. The minimum Gasteiger partial charge on any atom is -0.488 e. The molecule has 150 valence electrons. The summed E-state index contributed by atoms with van der Waals surface area (Å²) in [4.78, 5) is 24.8. The maximum atomic E-state index is 12.7. The predicted octanol–water partition coefficient (Wildman–Crippen LogP) is 5.24. The molecule has 0 spiro atoms. The number of hydrogen-bond acceptors (Lipinski definition) is 4. The van der Waals surface area contributed by atoms with Crippen LogP contribution in [0.5, 0.6) is 5.75 Å². The zero-order chi connectivity index (χ0) is 21.1. The Labute approximate surface area is 173 Å². The van der Waals surface area contributed by atoms with Crippen LogP contribution in [-0.4, -0.2) is 5.91 Å². The molecule has 0 radical (unpaired) electrons. The monoisotopic (exact) mass is 399 g/mol. The van der Waals surface area contributed by atoms with Gasteiger partial charge in [-0.25, -0.2) is 4.79 Å². The first-order chi connectivity index (χ1) is 14.5. The van der Waals surface area contributed by atoms with Crippen LogP contribution in [0.25, 0.3) is 11.0 Å². The number of rotatable bonds is 5. The first-order valence-electron chi connectivity index (χ1n) is 9.64. The fraction of sp³-hybridized carbons (Fsp3) is 0.120. The molecule has 0 bridgehead atoms. The highest BCUT2D eigenvalue weighted by molar-refractivity contribution is 6.06. The number of fused-ring (bicyclic) bond motifs is 1. The second kappa shape index (κ2) is 8.25. The first-order valence-corrected chi connectivity index (χ1v) is 9.64. The molecule has 0 aliphatic rings. The van der Waals surface area contributed by atoms with E-state index in [4.69, 9.17) is 9.15 Å². The van der Waals surface area contributed by atoms with Crippen LogP contribution in [0.3, 0.4) is 0 Å².